The van der Waals surface area contributed by atoms with Crippen molar-refractivity contribution in [3.05, 3.63) is 65.2 Å². The Labute approximate surface area is 184 Å². The standard InChI is InChI=1S/C29H41N/c1-20(2)25-14-11-15-26(21(3)4)27(25)30-19-29(17-16-28(30,7)18-22(29)5)23(6)24-12-9-8-10-13-24/h8-15,20-23H,16-19H2,1-7H3/t22-,23?,28-,29+/m0/s1. The number of anilines is 1. The van der Waals surface area contributed by atoms with Crippen molar-refractivity contribution < 1.29 is 0 Å². The van der Waals surface area contributed by atoms with E-state index in [0.29, 0.717) is 23.2 Å². The first-order valence-electron chi connectivity index (χ1n) is 12.1. The molecule has 2 aromatic carbocycles. The van der Waals surface area contributed by atoms with Gasteiger partial charge in [-0.1, -0.05) is 90.1 Å². The summed E-state index contributed by atoms with van der Waals surface area (Å²) in [5.41, 5.74) is 6.75. The number of hydrogen-bond acceptors (Lipinski definition) is 1. The van der Waals surface area contributed by atoms with Gasteiger partial charge in [-0.3, -0.25) is 0 Å². The van der Waals surface area contributed by atoms with E-state index in [-0.39, 0.29) is 5.54 Å². The zero-order valence-electron chi connectivity index (χ0n) is 20.2. The molecule has 1 aliphatic carbocycles. The van der Waals surface area contributed by atoms with Crippen molar-refractivity contribution in [3.63, 3.8) is 0 Å². The zero-order valence-corrected chi connectivity index (χ0v) is 20.2. The van der Waals surface area contributed by atoms with Crippen molar-refractivity contribution in [2.24, 2.45) is 11.3 Å². The molecule has 3 fully saturated rings. The predicted molar refractivity (Wildman–Crippen MR) is 131 cm³/mol. The summed E-state index contributed by atoms with van der Waals surface area (Å²) < 4.78 is 0. The second-order valence-corrected chi connectivity index (χ2v) is 11.1. The van der Waals surface area contributed by atoms with Crippen LogP contribution in [-0.2, 0) is 0 Å². The molecule has 2 aliphatic heterocycles. The average molecular weight is 404 g/mol. The summed E-state index contributed by atoms with van der Waals surface area (Å²) in [6, 6.07) is 18.3. The van der Waals surface area contributed by atoms with Crippen LogP contribution in [0.15, 0.2) is 48.5 Å². The molecule has 2 heterocycles. The third-order valence-corrected chi connectivity index (χ3v) is 8.73. The van der Waals surface area contributed by atoms with Gasteiger partial charge in [0, 0.05) is 17.8 Å². The van der Waals surface area contributed by atoms with Crippen LogP contribution in [0.4, 0.5) is 5.69 Å². The van der Waals surface area contributed by atoms with Crippen LogP contribution in [0.5, 0.6) is 0 Å². The quantitative estimate of drug-likeness (QED) is 0.487. The fourth-order valence-electron chi connectivity index (χ4n) is 6.70. The van der Waals surface area contributed by atoms with Crippen molar-refractivity contribution in [3.8, 4) is 0 Å². The predicted octanol–water partition coefficient (Wildman–Crippen LogP) is 8.12. The van der Waals surface area contributed by atoms with Gasteiger partial charge in [-0.25, -0.2) is 0 Å². The third-order valence-electron chi connectivity index (χ3n) is 8.73. The molecule has 0 spiro atoms. The first kappa shape index (κ1) is 21.5. The Hall–Kier alpha value is -1.76. The van der Waals surface area contributed by atoms with E-state index in [2.05, 4.69) is 102 Å². The minimum Gasteiger partial charge on any atom is -0.365 e. The van der Waals surface area contributed by atoms with E-state index in [1.165, 1.54) is 42.5 Å². The Morgan fingerprint density at radius 2 is 1.43 bits per heavy atom. The van der Waals surface area contributed by atoms with Crippen LogP contribution in [0.1, 0.15) is 102 Å². The molecule has 1 nitrogen and oxygen atoms in total. The minimum atomic E-state index is 0.270. The highest BCUT2D eigenvalue weighted by Gasteiger charge is 2.57. The number of para-hydroxylation sites is 1. The van der Waals surface area contributed by atoms with Gasteiger partial charge in [0.05, 0.1) is 0 Å². The second kappa shape index (κ2) is 7.74. The summed E-state index contributed by atoms with van der Waals surface area (Å²) in [6.45, 7) is 18.2. The number of hydrogen-bond donors (Lipinski definition) is 0. The van der Waals surface area contributed by atoms with E-state index >= 15 is 0 Å². The van der Waals surface area contributed by atoms with Crippen LogP contribution < -0.4 is 4.90 Å². The monoisotopic (exact) mass is 403 g/mol. The van der Waals surface area contributed by atoms with E-state index in [4.69, 9.17) is 0 Å². The highest BCUT2D eigenvalue weighted by Crippen LogP contribution is 2.61. The number of nitrogens with zero attached hydrogens (tertiary/aromatic N) is 1. The molecule has 162 valence electrons. The first-order valence-corrected chi connectivity index (χ1v) is 12.1. The van der Waals surface area contributed by atoms with Gasteiger partial charge in [0.15, 0.2) is 0 Å². The molecule has 0 N–H and O–H groups in total. The lowest BCUT2D eigenvalue weighted by atomic mass is 9.51. The number of benzene rings is 2. The van der Waals surface area contributed by atoms with Crippen molar-refractivity contribution in [2.45, 2.75) is 91.0 Å². The second-order valence-electron chi connectivity index (χ2n) is 11.1. The summed E-state index contributed by atoms with van der Waals surface area (Å²) in [5, 5.41) is 0. The summed E-state index contributed by atoms with van der Waals surface area (Å²) in [6.07, 6.45) is 3.95. The lowest BCUT2D eigenvalue weighted by molar-refractivity contribution is -0.00302. The highest BCUT2D eigenvalue weighted by atomic mass is 15.2. The fraction of sp³-hybridized carbons (Fsp3) is 0.586. The fourth-order valence-corrected chi connectivity index (χ4v) is 6.70. The molecular formula is C29H41N. The Balaban J connectivity index is 1.84. The van der Waals surface area contributed by atoms with Crippen molar-refractivity contribution in [2.75, 3.05) is 11.4 Å². The third kappa shape index (κ3) is 3.29. The number of fused-ring (bicyclic) bond motifs is 3. The van der Waals surface area contributed by atoms with Crippen molar-refractivity contribution >= 4 is 5.69 Å². The van der Waals surface area contributed by atoms with Crippen LogP contribution in [-0.4, -0.2) is 12.1 Å². The van der Waals surface area contributed by atoms with E-state index in [1.54, 1.807) is 5.69 Å². The van der Waals surface area contributed by atoms with Crippen LogP contribution in [0, 0.1) is 11.3 Å². The maximum atomic E-state index is 2.88. The molecule has 1 unspecified atom stereocenters. The summed E-state index contributed by atoms with van der Waals surface area (Å²) in [7, 11) is 0. The van der Waals surface area contributed by atoms with Gasteiger partial charge in [-0.15, -0.1) is 0 Å². The van der Waals surface area contributed by atoms with Crippen LogP contribution in [0.2, 0.25) is 0 Å². The highest BCUT2D eigenvalue weighted by molar-refractivity contribution is 5.65. The zero-order chi connectivity index (χ0) is 21.7. The molecular weight excluding hydrogens is 362 g/mol. The van der Waals surface area contributed by atoms with E-state index in [9.17, 15) is 0 Å². The van der Waals surface area contributed by atoms with Gasteiger partial charge in [-0.2, -0.15) is 0 Å². The van der Waals surface area contributed by atoms with Gasteiger partial charge in [-0.05, 0) is 72.0 Å². The van der Waals surface area contributed by atoms with Gasteiger partial charge in [0.1, 0.15) is 0 Å². The molecule has 30 heavy (non-hydrogen) atoms. The summed E-state index contributed by atoms with van der Waals surface area (Å²) in [5.74, 6) is 2.41. The molecule has 1 heteroatoms. The lowest BCUT2D eigenvalue weighted by Gasteiger charge is -2.65. The molecule has 1 saturated carbocycles. The largest absolute Gasteiger partial charge is 0.365 e. The first-order chi connectivity index (χ1) is 14.2. The van der Waals surface area contributed by atoms with Crippen molar-refractivity contribution in [1.82, 2.24) is 0 Å². The molecule has 2 aromatic rings. The molecule has 2 saturated heterocycles. The Morgan fingerprint density at radius 3 is 1.97 bits per heavy atom. The Morgan fingerprint density at radius 1 is 0.833 bits per heavy atom. The summed E-state index contributed by atoms with van der Waals surface area (Å²) in [4.78, 5) is 2.88. The molecule has 0 aromatic heterocycles. The Bertz CT molecular complexity index is 856. The average Bonchev–Trinajstić information content (AvgIpc) is 2.73. The Kier molecular flexibility index (Phi) is 5.54. The normalized spacial score (nSPS) is 29.6. The van der Waals surface area contributed by atoms with Gasteiger partial charge >= 0.3 is 0 Å². The maximum absolute atomic E-state index is 2.88. The summed E-state index contributed by atoms with van der Waals surface area (Å²) >= 11 is 0. The van der Waals surface area contributed by atoms with Crippen LogP contribution in [0.3, 0.4) is 0 Å². The van der Waals surface area contributed by atoms with Crippen LogP contribution >= 0.6 is 0 Å². The smallest absolute Gasteiger partial charge is 0.0441 e. The topological polar surface area (TPSA) is 3.24 Å². The maximum Gasteiger partial charge on any atom is 0.0441 e. The SMILES string of the molecule is CC(C)c1cccc(C(C)C)c1N1C[C@]2(C(C)c3ccccc3)CC[C@@]1(C)C[C@@H]2C. The molecule has 0 radical (unpaired) electrons. The van der Waals surface area contributed by atoms with Gasteiger partial charge in [0.25, 0.3) is 0 Å². The molecule has 3 aliphatic rings. The number of piperidine rings is 2. The van der Waals surface area contributed by atoms with Gasteiger partial charge < -0.3 is 4.90 Å². The minimum absolute atomic E-state index is 0.270. The van der Waals surface area contributed by atoms with Crippen molar-refractivity contribution in [1.29, 1.82) is 0 Å². The van der Waals surface area contributed by atoms with E-state index < -0.39 is 0 Å². The van der Waals surface area contributed by atoms with E-state index in [0.717, 1.165) is 5.92 Å². The molecule has 2 bridgehead atoms. The molecule has 4 atom stereocenters. The molecule has 5 rings (SSSR count). The molecule has 0 amide bonds. The lowest BCUT2D eigenvalue weighted by Crippen LogP contribution is -2.66. The van der Waals surface area contributed by atoms with Gasteiger partial charge in [0.2, 0.25) is 0 Å². The number of rotatable bonds is 5. The van der Waals surface area contributed by atoms with E-state index in [1.807, 2.05) is 0 Å². The van der Waals surface area contributed by atoms with Crippen LogP contribution in [0.25, 0.3) is 0 Å².